The third kappa shape index (κ3) is 3.46. The van der Waals surface area contributed by atoms with E-state index in [-0.39, 0.29) is 0 Å². The van der Waals surface area contributed by atoms with E-state index in [1.807, 2.05) is 6.92 Å². The molecule has 0 aliphatic heterocycles. The lowest BCUT2D eigenvalue weighted by Gasteiger charge is -2.00. The molecule has 0 aromatic carbocycles. The summed E-state index contributed by atoms with van der Waals surface area (Å²) in [4.78, 5) is 7.37. The van der Waals surface area contributed by atoms with Crippen LogP contribution in [0.2, 0.25) is 0 Å². The van der Waals surface area contributed by atoms with Crippen molar-refractivity contribution in [2.45, 2.75) is 6.92 Å². The number of amidine groups is 1. The Balaban J connectivity index is 3.74. The topological polar surface area (TPSA) is 36.8 Å². The van der Waals surface area contributed by atoms with Crippen LogP contribution < -0.4 is 5.32 Å². The van der Waals surface area contributed by atoms with Gasteiger partial charge in [-0.05, 0) is 13.6 Å². The average molecular weight is 125 g/mol. The number of nitrogens with one attached hydrogen (secondary N) is 1. The first-order valence-corrected chi connectivity index (χ1v) is 2.56. The fourth-order valence-electron chi connectivity index (χ4n) is 0.304. The van der Waals surface area contributed by atoms with Crippen LogP contribution in [0.4, 0.5) is 0 Å². The summed E-state index contributed by atoms with van der Waals surface area (Å²) in [6.45, 7) is 8.65. The second-order valence-corrected chi connectivity index (χ2v) is 1.54. The first-order chi connectivity index (χ1) is 4.20. The molecule has 3 nitrogen and oxygen atoms in total. The molecule has 0 aliphatic rings. The molecule has 1 N–H and O–H groups in total. The Kier molecular flexibility index (Phi) is 3.35. The molecule has 0 saturated carbocycles. The summed E-state index contributed by atoms with van der Waals surface area (Å²) in [6, 6.07) is 0. The van der Waals surface area contributed by atoms with Crippen molar-refractivity contribution in [3.8, 4) is 0 Å². The molecule has 0 rings (SSSR count). The van der Waals surface area contributed by atoms with Crippen LogP contribution in [0, 0.1) is 0 Å². The van der Waals surface area contributed by atoms with E-state index in [2.05, 4.69) is 28.6 Å². The van der Waals surface area contributed by atoms with E-state index in [9.17, 15) is 0 Å². The van der Waals surface area contributed by atoms with Gasteiger partial charge in [-0.15, -0.1) is 0 Å². The van der Waals surface area contributed by atoms with Gasteiger partial charge in [-0.2, -0.15) is 0 Å². The minimum absolute atomic E-state index is 0.526. The fraction of sp³-hybridized carbons (Fsp3) is 0.333. The molecule has 0 aromatic rings. The Morgan fingerprint density at radius 1 is 1.56 bits per heavy atom. The summed E-state index contributed by atoms with van der Waals surface area (Å²) >= 11 is 0. The van der Waals surface area contributed by atoms with Crippen molar-refractivity contribution in [3.63, 3.8) is 0 Å². The monoisotopic (exact) mass is 125 g/mol. The SMILES string of the molecule is C=NC(=C)NC(C)=NC. The highest BCUT2D eigenvalue weighted by Crippen LogP contribution is 1.82. The molecule has 0 heterocycles. The van der Waals surface area contributed by atoms with E-state index < -0.39 is 0 Å². The van der Waals surface area contributed by atoms with Crippen molar-refractivity contribution in [1.29, 1.82) is 0 Å². The average Bonchev–Trinajstić information content (AvgIpc) is 1.87. The zero-order valence-corrected chi connectivity index (χ0v) is 5.81. The van der Waals surface area contributed by atoms with Gasteiger partial charge in [0.25, 0.3) is 0 Å². The van der Waals surface area contributed by atoms with Gasteiger partial charge in [0, 0.05) is 7.05 Å². The van der Waals surface area contributed by atoms with Crippen LogP contribution in [0.1, 0.15) is 6.92 Å². The van der Waals surface area contributed by atoms with Crippen molar-refractivity contribution < 1.29 is 0 Å². The highest BCUT2D eigenvalue weighted by Gasteiger charge is 1.86. The summed E-state index contributed by atoms with van der Waals surface area (Å²) in [7, 11) is 1.69. The summed E-state index contributed by atoms with van der Waals surface area (Å²) < 4.78 is 0. The molecule has 0 spiro atoms. The van der Waals surface area contributed by atoms with Crippen molar-refractivity contribution in [2.24, 2.45) is 9.98 Å². The first-order valence-electron chi connectivity index (χ1n) is 2.56. The van der Waals surface area contributed by atoms with E-state index in [4.69, 9.17) is 0 Å². The first kappa shape index (κ1) is 7.88. The third-order valence-corrected chi connectivity index (χ3v) is 0.851. The van der Waals surface area contributed by atoms with Gasteiger partial charge < -0.3 is 5.32 Å². The van der Waals surface area contributed by atoms with Crippen LogP contribution in [0.3, 0.4) is 0 Å². The van der Waals surface area contributed by atoms with Gasteiger partial charge in [0.2, 0.25) is 0 Å². The Bertz CT molecular complexity index is 146. The normalized spacial score (nSPS) is 10.7. The second-order valence-electron chi connectivity index (χ2n) is 1.54. The van der Waals surface area contributed by atoms with E-state index in [0.717, 1.165) is 5.84 Å². The summed E-state index contributed by atoms with van der Waals surface area (Å²) in [5.74, 6) is 1.31. The number of nitrogens with zero attached hydrogens (tertiary/aromatic N) is 2. The lowest BCUT2D eigenvalue weighted by molar-refractivity contribution is 1.08. The number of hydrogen-bond donors (Lipinski definition) is 1. The molecule has 0 aromatic heterocycles. The van der Waals surface area contributed by atoms with E-state index in [1.54, 1.807) is 7.05 Å². The molecule has 0 aliphatic carbocycles. The van der Waals surface area contributed by atoms with Crippen molar-refractivity contribution in [1.82, 2.24) is 5.32 Å². The molecule has 0 saturated heterocycles. The molecule has 50 valence electrons. The third-order valence-electron chi connectivity index (χ3n) is 0.851. The zero-order chi connectivity index (χ0) is 7.28. The predicted octanol–water partition coefficient (Wildman–Crippen LogP) is 0.796. The van der Waals surface area contributed by atoms with Crippen LogP contribution in [0.25, 0.3) is 0 Å². The van der Waals surface area contributed by atoms with Crippen molar-refractivity contribution >= 4 is 12.6 Å². The maximum absolute atomic E-state index is 3.83. The Morgan fingerprint density at radius 2 is 2.11 bits per heavy atom. The molecule has 0 radical (unpaired) electrons. The lowest BCUT2D eigenvalue weighted by atomic mass is 10.6. The quantitative estimate of drug-likeness (QED) is 0.430. The predicted molar refractivity (Wildman–Crippen MR) is 40.9 cm³/mol. The van der Waals surface area contributed by atoms with Crippen LogP contribution in [-0.2, 0) is 0 Å². The smallest absolute Gasteiger partial charge is 0.123 e. The van der Waals surface area contributed by atoms with Crippen molar-refractivity contribution in [3.05, 3.63) is 12.4 Å². The van der Waals surface area contributed by atoms with Gasteiger partial charge in [0.1, 0.15) is 5.82 Å². The molecular weight excluding hydrogens is 114 g/mol. The van der Waals surface area contributed by atoms with Crippen LogP contribution in [-0.4, -0.2) is 19.6 Å². The molecule has 0 amide bonds. The van der Waals surface area contributed by atoms with E-state index in [0.29, 0.717) is 5.82 Å². The minimum atomic E-state index is 0.526. The molecule has 0 fully saturated rings. The largest absolute Gasteiger partial charge is 0.330 e. The van der Waals surface area contributed by atoms with Crippen LogP contribution in [0.15, 0.2) is 22.4 Å². The molecule has 9 heavy (non-hydrogen) atoms. The molecule has 3 heteroatoms. The van der Waals surface area contributed by atoms with Crippen molar-refractivity contribution in [2.75, 3.05) is 7.05 Å². The van der Waals surface area contributed by atoms with E-state index >= 15 is 0 Å². The van der Waals surface area contributed by atoms with Crippen LogP contribution in [0.5, 0.6) is 0 Å². The van der Waals surface area contributed by atoms with Gasteiger partial charge in [-0.3, -0.25) is 4.99 Å². The maximum atomic E-state index is 3.83. The maximum Gasteiger partial charge on any atom is 0.123 e. The molecule has 0 atom stereocenters. The summed E-state index contributed by atoms with van der Waals surface area (Å²) in [5.41, 5.74) is 0. The van der Waals surface area contributed by atoms with Gasteiger partial charge in [0.05, 0.1) is 5.84 Å². The highest BCUT2D eigenvalue weighted by atomic mass is 15.1. The Morgan fingerprint density at radius 3 is 2.44 bits per heavy atom. The van der Waals surface area contributed by atoms with Gasteiger partial charge >= 0.3 is 0 Å². The lowest BCUT2D eigenvalue weighted by Crippen LogP contribution is -2.17. The second kappa shape index (κ2) is 3.83. The van der Waals surface area contributed by atoms with Gasteiger partial charge in [-0.1, -0.05) is 6.58 Å². The summed E-state index contributed by atoms with van der Waals surface area (Å²) in [5, 5.41) is 2.81. The Labute approximate surface area is 55.2 Å². The molecule has 0 bridgehead atoms. The van der Waals surface area contributed by atoms with E-state index in [1.165, 1.54) is 0 Å². The molecular formula is C6H11N3. The standard InChI is InChI=1S/C6H11N3/c1-5(7-3)9-6(2)8-4/h1,3H2,2,4H3,(H,8,9). The zero-order valence-electron chi connectivity index (χ0n) is 5.81. The minimum Gasteiger partial charge on any atom is -0.330 e. The Hall–Kier alpha value is -1.12. The number of hydrogen-bond acceptors (Lipinski definition) is 2. The van der Waals surface area contributed by atoms with Gasteiger partial charge in [0.15, 0.2) is 0 Å². The summed E-state index contributed by atoms with van der Waals surface area (Å²) in [6.07, 6.45) is 0. The molecule has 0 unspecified atom stereocenters. The van der Waals surface area contributed by atoms with Gasteiger partial charge in [-0.25, -0.2) is 4.99 Å². The number of aliphatic imine (C=N–C) groups is 2. The fourth-order valence-corrected chi connectivity index (χ4v) is 0.304. The highest BCUT2D eigenvalue weighted by molar-refractivity contribution is 5.80. The number of rotatable bonds is 2. The van der Waals surface area contributed by atoms with Crippen LogP contribution >= 0.6 is 0 Å².